The van der Waals surface area contributed by atoms with Crippen LogP contribution in [0.4, 0.5) is 0 Å². The highest BCUT2D eigenvalue weighted by atomic mass is 35.5. The first kappa shape index (κ1) is 18.4. The molecule has 0 aliphatic carbocycles. The van der Waals surface area contributed by atoms with Crippen LogP contribution in [0.15, 0.2) is 53.4 Å². The predicted octanol–water partition coefficient (Wildman–Crippen LogP) is 2.80. The summed E-state index contributed by atoms with van der Waals surface area (Å²) in [4.78, 5) is 12.1. The van der Waals surface area contributed by atoms with Crippen LogP contribution in [0.5, 0.6) is 0 Å². The molecule has 0 radical (unpaired) electrons. The normalized spacial score (nSPS) is 12.6. The first-order chi connectivity index (χ1) is 11.3. The number of hydrogen-bond donors (Lipinski definition) is 2. The molecule has 2 aromatic carbocycles. The highest BCUT2D eigenvalue weighted by Gasteiger charge is 2.13. The van der Waals surface area contributed by atoms with Crippen molar-refractivity contribution in [3.05, 3.63) is 64.7 Å². The number of aryl methyl sites for hydroxylation is 1. The Morgan fingerprint density at radius 2 is 1.92 bits per heavy atom. The van der Waals surface area contributed by atoms with Crippen LogP contribution >= 0.6 is 11.6 Å². The Morgan fingerprint density at radius 3 is 2.58 bits per heavy atom. The van der Waals surface area contributed by atoms with Crippen molar-refractivity contribution in [2.75, 3.05) is 0 Å². The molecule has 0 spiro atoms. The number of primary sulfonamides is 1. The van der Waals surface area contributed by atoms with Gasteiger partial charge in [0.05, 0.1) is 10.9 Å². The maximum absolute atomic E-state index is 12.1. The van der Waals surface area contributed by atoms with Gasteiger partial charge in [-0.1, -0.05) is 35.9 Å². The number of sulfonamides is 1. The van der Waals surface area contributed by atoms with Gasteiger partial charge in [0.2, 0.25) is 15.9 Å². The van der Waals surface area contributed by atoms with Crippen LogP contribution in [0.1, 0.15) is 30.5 Å². The molecular weight excluding hydrogens is 348 g/mol. The average molecular weight is 367 g/mol. The largest absolute Gasteiger partial charge is 0.350 e. The van der Waals surface area contributed by atoms with E-state index in [9.17, 15) is 13.2 Å². The molecular formula is C17H19ClN2O3S. The van der Waals surface area contributed by atoms with Gasteiger partial charge in [0.1, 0.15) is 0 Å². The third-order valence-corrected chi connectivity index (χ3v) is 4.74. The van der Waals surface area contributed by atoms with E-state index in [1.165, 1.54) is 12.1 Å². The van der Waals surface area contributed by atoms with Crippen LogP contribution in [0.25, 0.3) is 0 Å². The van der Waals surface area contributed by atoms with Crippen LogP contribution in [-0.2, 0) is 21.2 Å². The standard InChI is InChI=1S/C17H19ClN2O3S/c1-12(14-5-3-7-16(11-14)24(19,22)23)20-17(21)9-8-13-4-2-6-15(18)10-13/h2-7,10-12H,8-9H2,1H3,(H,20,21)(H2,19,22,23). The van der Waals surface area contributed by atoms with E-state index < -0.39 is 10.0 Å². The van der Waals surface area contributed by atoms with Gasteiger partial charge in [0.15, 0.2) is 0 Å². The fourth-order valence-corrected chi connectivity index (χ4v) is 3.09. The number of nitrogens with one attached hydrogen (secondary N) is 1. The number of hydrogen-bond acceptors (Lipinski definition) is 3. The minimum Gasteiger partial charge on any atom is -0.350 e. The van der Waals surface area contributed by atoms with E-state index in [0.717, 1.165) is 5.56 Å². The molecule has 3 N–H and O–H groups in total. The van der Waals surface area contributed by atoms with Gasteiger partial charge in [-0.15, -0.1) is 0 Å². The van der Waals surface area contributed by atoms with Crippen molar-refractivity contribution in [2.45, 2.75) is 30.7 Å². The zero-order valence-corrected chi connectivity index (χ0v) is 14.8. The molecule has 1 amide bonds. The van der Waals surface area contributed by atoms with E-state index >= 15 is 0 Å². The quantitative estimate of drug-likeness (QED) is 0.823. The number of carbonyl (C=O) groups excluding carboxylic acids is 1. The van der Waals surface area contributed by atoms with E-state index in [4.69, 9.17) is 16.7 Å². The number of nitrogens with two attached hydrogens (primary N) is 1. The highest BCUT2D eigenvalue weighted by Crippen LogP contribution is 2.17. The molecule has 0 aliphatic heterocycles. The number of halogens is 1. The smallest absolute Gasteiger partial charge is 0.238 e. The summed E-state index contributed by atoms with van der Waals surface area (Å²) in [5.74, 6) is -0.122. The fraction of sp³-hybridized carbons (Fsp3) is 0.235. The van der Waals surface area contributed by atoms with Crippen molar-refractivity contribution in [3.8, 4) is 0 Å². The molecule has 7 heteroatoms. The van der Waals surface area contributed by atoms with Crippen molar-refractivity contribution in [2.24, 2.45) is 5.14 Å². The lowest BCUT2D eigenvalue weighted by atomic mass is 10.1. The van der Waals surface area contributed by atoms with Gasteiger partial charge in [0, 0.05) is 11.4 Å². The summed E-state index contributed by atoms with van der Waals surface area (Å²) < 4.78 is 22.8. The lowest BCUT2D eigenvalue weighted by Gasteiger charge is -2.15. The Hall–Kier alpha value is -1.89. The molecule has 0 saturated carbocycles. The van der Waals surface area contributed by atoms with Crippen molar-refractivity contribution in [1.29, 1.82) is 0 Å². The second kappa shape index (κ2) is 7.79. The predicted molar refractivity (Wildman–Crippen MR) is 94.1 cm³/mol. The average Bonchev–Trinajstić information content (AvgIpc) is 2.52. The third kappa shape index (κ3) is 5.33. The Bertz CT molecular complexity index is 837. The van der Waals surface area contributed by atoms with Gasteiger partial charge in [-0.2, -0.15) is 0 Å². The van der Waals surface area contributed by atoms with Crippen LogP contribution in [-0.4, -0.2) is 14.3 Å². The molecule has 0 heterocycles. The Labute approximate surface area is 146 Å². The fourth-order valence-electron chi connectivity index (χ4n) is 2.31. The minimum absolute atomic E-state index is 0.0278. The monoisotopic (exact) mass is 366 g/mol. The number of amides is 1. The Kier molecular flexibility index (Phi) is 5.99. The van der Waals surface area contributed by atoms with Gasteiger partial charge >= 0.3 is 0 Å². The van der Waals surface area contributed by atoms with Crippen molar-refractivity contribution in [1.82, 2.24) is 5.32 Å². The summed E-state index contributed by atoms with van der Waals surface area (Å²) in [5.41, 5.74) is 1.67. The second-order valence-corrected chi connectivity index (χ2v) is 7.53. The van der Waals surface area contributed by atoms with Crippen LogP contribution in [0.3, 0.4) is 0 Å². The molecule has 0 saturated heterocycles. The van der Waals surface area contributed by atoms with Crippen molar-refractivity contribution >= 4 is 27.5 Å². The maximum atomic E-state index is 12.1. The topological polar surface area (TPSA) is 89.3 Å². The van der Waals surface area contributed by atoms with Gasteiger partial charge in [0.25, 0.3) is 0 Å². The summed E-state index contributed by atoms with van der Waals surface area (Å²) >= 11 is 5.92. The lowest BCUT2D eigenvalue weighted by Crippen LogP contribution is -2.27. The van der Waals surface area contributed by atoms with E-state index in [1.54, 1.807) is 25.1 Å². The zero-order chi connectivity index (χ0) is 17.7. The van der Waals surface area contributed by atoms with Crippen molar-refractivity contribution in [3.63, 3.8) is 0 Å². The van der Waals surface area contributed by atoms with Gasteiger partial charge in [-0.25, -0.2) is 13.6 Å². The number of rotatable bonds is 6. The molecule has 1 atom stereocenters. The zero-order valence-electron chi connectivity index (χ0n) is 13.2. The molecule has 2 rings (SSSR count). The molecule has 128 valence electrons. The maximum Gasteiger partial charge on any atom is 0.238 e. The summed E-state index contributed by atoms with van der Waals surface area (Å²) in [5, 5.41) is 8.62. The Balaban J connectivity index is 1.96. The van der Waals surface area contributed by atoms with E-state index in [2.05, 4.69) is 5.32 Å². The third-order valence-electron chi connectivity index (χ3n) is 3.59. The first-order valence-electron chi connectivity index (χ1n) is 7.42. The number of benzene rings is 2. The van der Waals surface area contributed by atoms with E-state index in [0.29, 0.717) is 23.4 Å². The van der Waals surface area contributed by atoms with Crippen LogP contribution in [0.2, 0.25) is 5.02 Å². The van der Waals surface area contributed by atoms with E-state index in [-0.39, 0.29) is 16.8 Å². The lowest BCUT2D eigenvalue weighted by molar-refractivity contribution is -0.121. The van der Waals surface area contributed by atoms with Crippen LogP contribution < -0.4 is 10.5 Å². The molecule has 0 bridgehead atoms. The van der Waals surface area contributed by atoms with E-state index in [1.807, 2.05) is 18.2 Å². The van der Waals surface area contributed by atoms with Crippen molar-refractivity contribution < 1.29 is 13.2 Å². The van der Waals surface area contributed by atoms with Gasteiger partial charge in [-0.05, 0) is 48.7 Å². The molecule has 24 heavy (non-hydrogen) atoms. The minimum atomic E-state index is -3.76. The molecule has 5 nitrogen and oxygen atoms in total. The summed E-state index contributed by atoms with van der Waals surface area (Å²) in [6, 6.07) is 13.3. The molecule has 2 aromatic rings. The summed E-state index contributed by atoms with van der Waals surface area (Å²) in [6.07, 6.45) is 0.899. The van der Waals surface area contributed by atoms with Gasteiger partial charge in [-0.3, -0.25) is 4.79 Å². The molecule has 0 aliphatic rings. The highest BCUT2D eigenvalue weighted by molar-refractivity contribution is 7.89. The number of carbonyl (C=O) groups is 1. The summed E-state index contributed by atoms with van der Waals surface area (Å²) in [6.45, 7) is 1.79. The molecule has 1 unspecified atom stereocenters. The molecule has 0 aromatic heterocycles. The summed E-state index contributed by atoms with van der Waals surface area (Å²) in [7, 11) is -3.76. The SMILES string of the molecule is CC(NC(=O)CCc1cccc(Cl)c1)c1cccc(S(N)(=O)=O)c1. The van der Waals surface area contributed by atoms with Crippen LogP contribution in [0, 0.1) is 0 Å². The second-order valence-electron chi connectivity index (χ2n) is 5.54. The molecule has 0 fully saturated rings. The van der Waals surface area contributed by atoms with Gasteiger partial charge < -0.3 is 5.32 Å². The Morgan fingerprint density at radius 1 is 1.21 bits per heavy atom. The first-order valence-corrected chi connectivity index (χ1v) is 9.35.